The van der Waals surface area contributed by atoms with Crippen molar-refractivity contribution in [2.24, 2.45) is 17.8 Å². The van der Waals surface area contributed by atoms with E-state index in [0.717, 1.165) is 18.6 Å². The first kappa shape index (κ1) is 19.2. The van der Waals surface area contributed by atoms with Crippen molar-refractivity contribution >= 4 is 5.97 Å². The molecule has 2 aromatic carbocycles. The highest BCUT2D eigenvalue weighted by Gasteiger charge is 2.37. The Balaban J connectivity index is 1.51. The van der Waals surface area contributed by atoms with Gasteiger partial charge in [0.15, 0.2) is 0 Å². The van der Waals surface area contributed by atoms with Crippen LogP contribution in [0.2, 0.25) is 0 Å². The zero-order valence-corrected chi connectivity index (χ0v) is 15.7. The van der Waals surface area contributed by atoms with Crippen LogP contribution in [0.5, 0.6) is 11.5 Å². The molecule has 0 saturated heterocycles. The molecule has 5 heteroatoms. The first-order chi connectivity index (χ1) is 13.0. The van der Waals surface area contributed by atoms with Gasteiger partial charge in [0.2, 0.25) is 0 Å². The Morgan fingerprint density at radius 1 is 1.15 bits per heavy atom. The third-order valence-electron chi connectivity index (χ3n) is 5.23. The van der Waals surface area contributed by atoms with Gasteiger partial charge in [0.05, 0.1) is 25.7 Å². The summed E-state index contributed by atoms with van der Waals surface area (Å²) in [5.41, 5.74) is 1.83. The van der Waals surface area contributed by atoms with Gasteiger partial charge in [-0.2, -0.15) is 0 Å². The highest BCUT2D eigenvalue weighted by atomic mass is 16.5. The van der Waals surface area contributed by atoms with Gasteiger partial charge >= 0.3 is 5.97 Å². The predicted molar refractivity (Wildman–Crippen MR) is 102 cm³/mol. The molecule has 5 nitrogen and oxygen atoms in total. The van der Waals surface area contributed by atoms with Crippen molar-refractivity contribution in [1.82, 2.24) is 0 Å². The number of hydrogen-bond acceptors (Lipinski definition) is 4. The zero-order valence-electron chi connectivity index (χ0n) is 15.7. The first-order valence-electron chi connectivity index (χ1n) is 9.24. The topological polar surface area (TPSA) is 76.0 Å². The zero-order chi connectivity index (χ0) is 19.4. The molecule has 4 atom stereocenters. The maximum atomic E-state index is 11.0. The van der Waals surface area contributed by atoms with Crippen molar-refractivity contribution in [1.29, 1.82) is 0 Å². The molecule has 0 amide bonds. The van der Waals surface area contributed by atoms with E-state index in [9.17, 15) is 9.90 Å². The molecule has 0 aromatic heterocycles. The number of aliphatic carboxylic acids is 1. The number of methoxy groups -OCH3 is 1. The molecule has 2 N–H and O–H groups in total. The lowest BCUT2D eigenvalue weighted by atomic mass is 9.97. The maximum Gasteiger partial charge on any atom is 0.309 e. The number of carboxylic acids is 1. The molecule has 144 valence electrons. The summed E-state index contributed by atoms with van der Waals surface area (Å²) in [6.07, 6.45) is 1.10. The van der Waals surface area contributed by atoms with Gasteiger partial charge in [-0.1, -0.05) is 24.3 Å². The molecule has 1 fully saturated rings. The average molecular weight is 370 g/mol. The number of hydrogen-bond donors (Lipinski definition) is 2. The molecule has 1 aliphatic carbocycles. The van der Waals surface area contributed by atoms with Crippen LogP contribution in [0.3, 0.4) is 0 Å². The summed E-state index contributed by atoms with van der Waals surface area (Å²) < 4.78 is 11.2. The molecule has 27 heavy (non-hydrogen) atoms. The fourth-order valence-electron chi connectivity index (χ4n) is 3.28. The van der Waals surface area contributed by atoms with Crippen molar-refractivity contribution in [2.75, 3.05) is 13.7 Å². The number of aliphatic hydroxyl groups excluding tert-OH is 1. The molecule has 1 saturated carbocycles. The highest BCUT2D eigenvalue weighted by Crippen LogP contribution is 2.41. The number of aliphatic hydroxyl groups is 1. The fourth-order valence-corrected chi connectivity index (χ4v) is 3.28. The minimum absolute atomic E-state index is 0.516. The molecule has 0 radical (unpaired) electrons. The van der Waals surface area contributed by atoms with E-state index in [4.69, 9.17) is 14.6 Å². The van der Waals surface area contributed by atoms with Crippen LogP contribution in [0.4, 0.5) is 0 Å². The Morgan fingerprint density at radius 2 is 1.89 bits per heavy atom. The molecular weight excluding hydrogens is 344 g/mol. The third-order valence-corrected chi connectivity index (χ3v) is 5.23. The summed E-state index contributed by atoms with van der Waals surface area (Å²) in [5.74, 6) is 0.784. The van der Waals surface area contributed by atoms with E-state index >= 15 is 0 Å². The third kappa shape index (κ3) is 5.01. The van der Waals surface area contributed by atoms with Crippen LogP contribution in [0, 0.1) is 17.8 Å². The van der Waals surface area contributed by atoms with E-state index in [-0.39, 0.29) is 0 Å². The van der Waals surface area contributed by atoms with E-state index < -0.39 is 18.0 Å². The number of ether oxygens (including phenoxy) is 2. The summed E-state index contributed by atoms with van der Waals surface area (Å²) >= 11 is 0. The summed E-state index contributed by atoms with van der Waals surface area (Å²) in [5, 5.41) is 19.2. The molecule has 2 aromatic rings. The molecule has 0 unspecified atom stereocenters. The van der Waals surface area contributed by atoms with Crippen molar-refractivity contribution in [2.45, 2.75) is 25.9 Å². The summed E-state index contributed by atoms with van der Waals surface area (Å²) in [4.78, 5) is 11.0. The average Bonchev–Trinajstić information content (AvgIpc) is 3.43. The van der Waals surface area contributed by atoms with Crippen LogP contribution in [-0.4, -0.2) is 29.9 Å². The van der Waals surface area contributed by atoms with E-state index in [0.29, 0.717) is 29.8 Å². The summed E-state index contributed by atoms with van der Waals surface area (Å²) in [7, 11) is 1.68. The largest absolute Gasteiger partial charge is 0.497 e. The SMILES string of the molecule is COc1cccc(C[C@@H]2C[C@H]2COc2cccc([C@H](O)[C@H](C)C(=O)O)c2)c1. The highest BCUT2D eigenvalue weighted by molar-refractivity contribution is 5.70. The Bertz CT molecular complexity index is 788. The molecule has 1 aliphatic rings. The van der Waals surface area contributed by atoms with E-state index in [1.54, 1.807) is 25.3 Å². The van der Waals surface area contributed by atoms with Crippen LogP contribution in [0.1, 0.15) is 30.6 Å². The smallest absolute Gasteiger partial charge is 0.309 e. The van der Waals surface area contributed by atoms with Gasteiger partial charge in [0.25, 0.3) is 0 Å². The molecule has 0 heterocycles. The molecule has 0 aliphatic heterocycles. The molecular formula is C22H26O5. The monoisotopic (exact) mass is 370 g/mol. The fraction of sp³-hybridized carbons (Fsp3) is 0.409. The van der Waals surface area contributed by atoms with Gasteiger partial charge in [0, 0.05) is 0 Å². The maximum absolute atomic E-state index is 11.0. The van der Waals surface area contributed by atoms with Crippen LogP contribution in [0.15, 0.2) is 48.5 Å². The lowest BCUT2D eigenvalue weighted by Gasteiger charge is -2.16. The second-order valence-electron chi connectivity index (χ2n) is 7.27. The quantitative estimate of drug-likeness (QED) is 0.704. The van der Waals surface area contributed by atoms with Crippen molar-refractivity contribution in [3.05, 3.63) is 59.7 Å². The second kappa shape index (κ2) is 8.44. The van der Waals surface area contributed by atoms with Crippen LogP contribution in [-0.2, 0) is 11.2 Å². The van der Waals surface area contributed by atoms with Gasteiger partial charge in [-0.3, -0.25) is 4.79 Å². The minimum Gasteiger partial charge on any atom is -0.497 e. The van der Waals surface area contributed by atoms with Crippen LogP contribution >= 0.6 is 0 Å². The Kier molecular flexibility index (Phi) is 6.01. The van der Waals surface area contributed by atoms with E-state index in [1.165, 1.54) is 12.5 Å². The van der Waals surface area contributed by atoms with Gasteiger partial charge < -0.3 is 19.7 Å². The van der Waals surface area contributed by atoms with Gasteiger partial charge in [0.1, 0.15) is 11.5 Å². The van der Waals surface area contributed by atoms with Crippen molar-refractivity contribution in [3.8, 4) is 11.5 Å². The number of benzene rings is 2. The van der Waals surface area contributed by atoms with Gasteiger partial charge in [-0.05, 0) is 67.0 Å². The van der Waals surface area contributed by atoms with E-state index in [2.05, 4.69) is 12.1 Å². The Hall–Kier alpha value is -2.53. The lowest BCUT2D eigenvalue weighted by molar-refractivity contribution is -0.145. The van der Waals surface area contributed by atoms with Gasteiger partial charge in [-0.25, -0.2) is 0 Å². The van der Waals surface area contributed by atoms with Crippen LogP contribution in [0.25, 0.3) is 0 Å². The Labute approximate surface area is 159 Å². The Morgan fingerprint density at radius 3 is 2.63 bits per heavy atom. The number of carbonyl (C=O) groups is 1. The van der Waals surface area contributed by atoms with Crippen molar-refractivity contribution < 1.29 is 24.5 Å². The number of carboxylic acid groups (broad SMARTS) is 1. The number of rotatable bonds is 9. The lowest BCUT2D eigenvalue weighted by Crippen LogP contribution is -2.18. The van der Waals surface area contributed by atoms with Crippen LogP contribution < -0.4 is 9.47 Å². The second-order valence-corrected chi connectivity index (χ2v) is 7.27. The predicted octanol–water partition coefficient (Wildman–Crippen LogP) is 3.71. The summed E-state index contributed by atoms with van der Waals surface area (Å²) in [6.45, 7) is 2.12. The molecule has 0 bridgehead atoms. The first-order valence-corrected chi connectivity index (χ1v) is 9.24. The van der Waals surface area contributed by atoms with Gasteiger partial charge in [-0.15, -0.1) is 0 Å². The van der Waals surface area contributed by atoms with E-state index in [1.807, 2.05) is 18.2 Å². The summed E-state index contributed by atoms with van der Waals surface area (Å²) in [6, 6.07) is 15.2. The standard InChI is InChI=1S/C22H26O5/c1-14(22(24)25)21(23)16-6-4-8-20(12-16)27-13-18-11-17(18)9-15-5-3-7-19(10-15)26-2/h3-8,10,12,14,17-18,21,23H,9,11,13H2,1-2H3,(H,24,25)/t14-,17+,18-,21+/m0/s1. The molecule has 3 rings (SSSR count). The van der Waals surface area contributed by atoms with Crippen molar-refractivity contribution in [3.63, 3.8) is 0 Å². The minimum atomic E-state index is -1.05. The normalized spacial score (nSPS) is 20.6. The molecule has 0 spiro atoms.